The third-order valence-corrected chi connectivity index (χ3v) is 4.53. The molecule has 0 saturated heterocycles. The Morgan fingerprint density at radius 2 is 1.84 bits per heavy atom. The summed E-state index contributed by atoms with van der Waals surface area (Å²) >= 11 is 3.35. The quantitative estimate of drug-likeness (QED) is 0.513. The number of methoxy groups -OCH3 is 1. The molecule has 0 saturated carbocycles. The molecule has 2 aromatic carbocycles. The highest BCUT2D eigenvalue weighted by atomic mass is 79.9. The zero-order valence-electron chi connectivity index (χ0n) is 17.7. The average molecular weight is 493 g/mol. The van der Waals surface area contributed by atoms with Gasteiger partial charge in [0.25, 0.3) is 5.91 Å². The van der Waals surface area contributed by atoms with E-state index in [2.05, 4.69) is 26.6 Å². The topological polar surface area (TPSA) is 114 Å². The van der Waals surface area contributed by atoms with E-state index < -0.39 is 29.6 Å². The molecular weight excluding hydrogens is 468 g/mol. The van der Waals surface area contributed by atoms with Gasteiger partial charge in [-0.25, -0.2) is 4.79 Å². The summed E-state index contributed by atoms with van der Waals surface area (Å²) < 4.78 is 11.3. The van der Waals surface area contributed by atoms with Gasteiger partial charge in [-0.15, -0.1) is 0 Å². The Labute approximate surface area is 189 Å². The fraction of sp³-hybridized carbons (Fsp3) is 0.318. The second-order valence-electron chi connectivity index (χ2n) is 7.72. The molecule has 0 unspecified atom stereocenters. The summed E-state index contributed by atoms with van der Waals surface area (Å²) in [6.07, 6.45) is -0.934. The summed E-state index contributed by atoms with van der Waals surface area (Å²) in [4.78, 5) is 36.1. The van der Waals surface area contributed by atoms with Gasteiger partial charge in [-0.3, -0.25) is 14.9 Å². The fourth-order valence-corrected chi connectivity index (χ4v) is 3.16. The molecule has 0 fully saturated rings. The highest BCUT2D eigenvalue weighted by Gasteiger charge is 2.21. The summed E-state index contributed by atoms with van der Waals surface area (Å²) in [5.74, 6) is -1.26. The Bertz CT molecular complexity index is 971. The number of ether oxygens (including phenoxy) is 2. The van der Waals surface area contributed by atoms with Crippen LogP contribution in [0.3, 0.4) is 0 Å². The van der Waals surface area contributed by atoms with Crippen molar-refractivity contribution in [3.63, 3.8) is 0 Å². The maximum atomic E-state index is 12.8. The third-order valence-electron chi connectivity index (χ3n) is 4.03. The van der Waals surface area contributed by atoms with Crippen LogP contribution in [0.15, 0.2) is 46.9 Å². The van der Waals surface area contributed by atoms with Crippen LogP contribution in [0.5, 0.6) is 5.75 Å². The SMILES string of the molecule is COc1cc(C(=O)N[C@H](CC(=O)O)c2cccc(Br)c2)ccc1NC(=O)OC(C)(C)C. The number of amides is 2. The summed E-state index contributed by atoms with van der Waals surface area (Å²) in [5.41, 5.74) is 0.572. The van der Waals surface area contributed by atoms with Crippen LogP contribution in [-0.4, -0.2) is 35.8 Å². The number of carbonyl (C=O) groups excluding carboxylic acids is 2. The highest BCUT2D eigenvalue weighted by molar-refractivity contribution is 9.10. The zero-order chi connectivity index (χ0) is 23.2. The van der Waals surface area contributed by atoms with Gasteiger partial charge in [0.15, 0.2) is 0 Å². The van der Waals surface area contributed by atoms with Gasteiger partial charge in [-0.2, -0.15) is 0 Å². The van der Waals surface area contributed by atoms with Crippen LogP contribution in [0.2, 0.25) is 0 Å². The predicted molar refractivity (Wildman–Crippen MR) is 119 cm³/mol. The normalized spacial score (nSPS) is 11.9. The molecule has 31 heavy (non-hydrogen) atoms. The van der Waals surface area contributed by atoms with E-state index in [1.165, 1.54) is 25.3 Å². The van der Waals surface area contributed by atoms with Crippen molar-refractivity contribution in [3.05, 3.63) is 58.1 Å². The van der Waals surface area contributed by atoms with E-state index >= 15 is 0 Å². The number of carbonyl (C=O) groups is 3. The number of benzene rings is 2. The maximum absolute atomic E-state index is 12.8. The van der Waals surface area contributed by atoms with E-state index in [9.17, 15) is 19.5 Å². The van der Waals surface area contributed by atoms with Crippen LogP contribution in [0.4, 0.5) is 10.5 Å². The van der Waals surface area contributed by atoms with E-state index in [1.54, 1.807) is 39.0 Å². The number of hydrogen-bond donors (Lipinski definition) is 3. The Morgan fingerprint density at radius 3 is 2.42 bits per heavy atom. The second-order valence-corrected chi connectivity index (χ2v) is 8.64. The Kier molecular flexibility index (Phi) is 8.04. The summed E-state index contributed by atoms with van der Waals surface area (Å²) in [7, 11) is 1.41. The summed E-state index contributed by atoms with van der Waals surface area (Å²) in [5, 5.41) is 14.6. The molecule has 0 aliphatic rings. The lowest BCUT2D eigenvalue weighted by Gasteiger charge is -2.21. The molecule has 0 aliphatic carbocycles. The van der Waals surface area contributed by atoms with Gasteiger partial charge in [-0.05, 0) is 56.7 Å². The van der Waals surface area contributed by atoms with E-state index in [4.69, 9.17) is 9.47 Å². The van der Waals surface area contributed by atoms with Crippen molar-refractivity contribution in [3.8, 4) is 5.75 Å². The molecule has 166 valence electrons. The van der Waals surface area contributed by atoms with Gasteiger partial charge in [0, 0.05) is 10.0 Å². The lowest BCUT2D eigenvalue weighted by molar-refractivity contribution is -0.137. The molecule has 2 aromatic rings. The highest BCUT2D eigenvalue weighted by Crippen LogP contribution is 2.27. The van der Waals surface area contributed by atoms with Crippen LogP contribution in [-0.2, 0) is 9.53 Å². The molecule has 1 atom stereocenters. The Morgan fingerprint density at radius 1 is 1.13 bits per heavy atom. The molecule has 2 rings (SSSR count). The minimum Gasteiger partial charge on any atom is -0.495 e. The van der Waals surface area contributed by atoms with Gasteiger partial charge in [0.2, 0.25) is 0 Å². The number of anilines is 1. The number of carboxylic acid groups (broad SMARTS) is 1. The first-order chi connectivity index (χ1) is 14.5. The molecular formula is C22H25BrN2O6. The van der Waals surface area contributed by atoms with Gasteiger partial charge < -0.3 is 19.9 Å². The maximum Gasteiger partial charge on any atom is 0.412 e. The van der Waals surface area contributed by atoms with E-state index in [0.717, 1.165) is 4.47 Å². The van der Waals surface area contributed by atoms with Crippen molar-refractivity contribution in [1.82, 2.24) is 5.32 Å². The molecule has 2 amide bonds. The molecule has 9 heteroatoms. The largest absolute Gasteiger partial charge is 0.495 e. The first-order valence-electron chi connectivity index (χ1n) is 9.44. The second kappa shape index (κ2) is 10.3. The first-order valence-corrected chi connectivity index (χ1v) is 10.2. The molecule has 0 spiro atoms. The number of carboxylic acids is 1. The lowest BCUT2D eigenvalue weighted by Crippen LogP contribution is -2.30. The number of aliphatic carboxylic acids is 1. The van der Waals surface area contributed by atoms with Crippen LogP contribution in [0, 0.1) is 0 Å². The van der Waals surface area contributed by atoms with Gasteiger partial charge in [0.1, 0.15) is 11.4 Å². The van der Waals surface area contributed by atoms with Crippen molar-refractivity contribution in [2.75, 3.05) is 12.4 Å². The number of nitrogens with one attached hydrogen (secondary N) is 2. The number of halogens is 1. The monoisotopic (exact) mass is 492 g/mol. The van der Waals surface area contributed by atoms with Crippen molar-refractivity contribution < 1.29 is 29.0 Å². The van der Waals surface area contributed by atoms with Gasteiger partial charge in [0.05, 0.1) is 25.3 Å². The molecule has 3 N–H and O–H groups in total. The lowest BCUT2D eigenvalue weighted by atomic mass is 10.0. The molecule has 0 bridgehead atoms. The first kappa shape index (κ1) is 24.2. The minimum absolute atomic E-state index is 0.247. The van der Waals surface area contributed by atoms with Crippen LogP contribution < -0.4 is 15.4 Å². The van der Waals surface area contributed by atoms with Crippen LogP contribution >= 0.6 is 15.9 Å². The Balaban J connectivity index is 2.21. The summed E-state index contributed by atoms with van der Waals surface area (Å²) in [6, 6.07) is 10.8. The molecule has 0 radical (unpaired) electrons. The minimum atomic E-state index is -1.04. The average Bonchev–Trinajstić information content (AvgIpc) is 2.65. The standard InChI is InChI=1S/C22H25BrN2O6/c1-22(2,3)31-21(29)25-16-9-8-14(11-18(16)30-4)20(28)24-17(12-19(26)27)13-6-5-7-15(23)10-13/h5-11,17H,12H2,1-4H3,(H,24,28)(H,25,29)(H,26,27)/t17-/m1/s1. The third kappa shape index (κ3) is 7.60. The van der Waals surface area contributed by atoms with Crippen molar-refractivity contribution in [2.45, 2.75) is 38.8 Å². The van der Waals surface area contributed by atoms with E-state index in [1.807, 2.05) is 6.07 Å². The predicted octanol–water partition coefficient (Wildman–Crippen LogP) is 4.75. The van der Waals surface area contributed by atoms with Crippen molar-refractivity contribution in [2.24, 2.45) is 0 Å². The molecule has 8 nitrogen and oxygen atoms in total. The van der Waals surface area contributed by atoms with E-state index in [-0.39, 0.29) is 17.7 Å². The van der Waals surface area contributed by atoms with Gasteiger partial charge >= 0.3 is 12.1 Å². The number of hydrogen-bond acceptors (Lipinski definition) is 5. The zero-order valence-corrected chi connectivity index (χ0v) is 19.3. The fourth-order valence-electron chi connectivity index (χ4n) is 2.74. The van der Waals surface area contributed by atoms with Crippen LogP contribution in [0.1, 0.15) is 49.2 Å². The van der Waals surface area contributed by atoms with E-state index in [0.29, 0.717) is 11.3 Å². The molecule has 0 aromatic heterocycles. The van der Waals surface area contributed by atoms with Crippen LogP contribution in [0.25, 0.3) is 0 Å². The Hall–Kier alpha value is -3.07. The van der Waals surface area contributed by atoms with Gasteiger partial charge in [-0.1, -0.05) is 28.1 Å². The molecule has 0 aliphatic heterocycles. The number of rotatable bonds is 7. The van der Waals surface area contributed by atoms with Crippen molar-refractivity contribution in [1.29, 1.82) is 0 Å². The van der Waals surface area contributed by atoms with Crippen molar-refractivity contribution >= 4 is 39.6 Å². The molecule has 0 heterocycles. The summed E-state index contributed by atoms with van der Waals surface area (Å²) in [6.45, 7) is 5.24. The smallest absolute Gasteiger partial charge is 0.412 e.